The lowest BCUT2D eigenvalue weighted by atomic mass is 10.0. The van der Waals surface area contributed by atoms with Crippen molar-refractivity contribution in [1.29, 1.82) is 0 Å². The van der Waals surface area contributed by atoms with Crippen molar-refractivity contribution >= 4 is 22.4 Å². The quantitative estimate of drug-likeness (QED) is 0.877. The van der Waals surface area contributed by atoms with Crippen LogP contribution in [0.4, 0.5) is 5.13 Å². The summed E-state index contributed by atoms with van der Waals surface area (Å²) in [5, 5.41) is 3.63. The molecule has 2 heterocycles. The van der Waals surface area contributed by atoms with Gasteiger partial charge in [0.25, 0.3) is 5.91 Å². The summed E-state index contributed by atoms with van der Waals surface area (Å²) in [5.74, 6) is -0.0337. The van der Waals surface area contributed by atoms with Gasteiger partial charge >= 0.3 is 0 Å². The Hall–Kier alpha value is -0.940. The Morgan fingerprint density at radius 3 is 3.00 bits per heavy atom. The van der Waals surface area contributed by atoms with E-state index >= 15 is 0 Å². The third kappa shape index (κ3) is 2.35. The second-order valence-electron chi connectivity index (χ2n) is 4.59. The van der Waals surface area contributed by atoms with E-state index in [4.69, 9.17) is 4.74 Å². The molecule has 3 rings (SSSR count). The second kappa shape index (κ2) is 4.74. The Bertz CT molecular complexity index is 401. The van der Waals surface area contributed by atoms with Gasteiger partial charge in [0.15, 0.2) is 5.13 Å². The first kappa shape index (κ1) is 11.2. The van der Waals surface area contributed by atoms with Crippen molar-refractivity contribution in [2.24, 2.45) is 0 Å². The smallest absolute Gasteiger partial charge is 0.255 e. The molecule has 0 spiro atoms. The molecule has 1 aliphatic heterocycles. The van der Waals surface area contributed by atoms with E-state index in [2.05, 4.69) is 10.3 Å². The molecule has 2 aliphatic rings. The fraction of sp³-hybridized carbons (Fsp3) is 0.667. The van der Waals surface area contributed by atoms with Crippen LogP contribution in [0.25, 0.3) is 0 Å². The molecule has 92 valence electrons. The van der Waals surface area contributed by atoms with Gasteiger partial charge in [0.05, 0.1) is 5.69 Å². The third-order valence-electron chi connectivity index (χ3n) is 3.30. The summed E-state index contributed by atoms with van der Waals surface area (Å²) in [5.41, 5.74) is 1.18. The van der Waals surface area contributed by atoms with Crippen LogP contribution in [-0.2, 0) is 22.4 Å². The molecule has 17 heavy (non-hydrogen) atoms. The molecular formula is C12H16N2O2S. The molecule has 1 N–H and O–H groups in total. The number of amides is 1. The number of hydrogen-bond acceptors (Lipinski definition) is 4. The van der Waals surface area contributed by atoms with E-state index in [0.29, 0.717) is 6.61 Å². The van der Waals surface area contributed by atoms with E-state index in [1.54, 1.807) is 11.3 Å². The highest BCUT2D eigenvalue weighted by molar-refractivity contribution is 7.15. The van der Waals surface area contributed by atoms with Gasteiger partial charge < -0.3 is 4.74 Å². The highest BCUT2D eigenvalue weighted by Crippen LogP contribution is 2.29. The first-order chi connectivity index (χ1) is 8.33. The van der Waals surface area contributed by atoms with Crippen molar-refractivity contribution in [1.82, 2.24) is 4.98 Å². The summed E-state index contributed by atoms with van der Waals surface area (Å²) in [4.78, 5) is 17.7. The fourth-order valence-electron chi connectivity index (χ4n) is 2.38. The van der Waals surface area contributed by atoms with Crippen LogP contribution in [0.15, 0.2) is 0 Å². The van der Waals surface area contributed by atoms with Crippen LogP contribution in [-0.4, -0.2) is 23.6 Å². The Balaban J connectivity index is 1.68. The van der Waals surface area contributed by atoms with Crippen molar-refractivity contribution in [2.75, 3.05) is 11.9 Å². The van der Waals surface area contributed by atoms with E-state index in [9.17, 15) is 4.79 Å². The molecule has 5 heteroatoms. The average Bonchev–Trinajstić information content (AvgIpc) is 2.97. The van der Waals surface area contributed by atoms with Crippen LogP contribution in [0.1, 0.15) is 36.3 Å². The molecular weight excluding hydrogens is 236 g/mol. The molecule has 1 saturated heterocycles. The van der Waals surface area contributed by atoms with Gasteiger partial charge in [-0.25, -0.2) is 4.98 Å². The highest BCUT2D eigenvalue weighted by atomic mass is 32.1. The number of rotatable bonds is 2. The zero-order valence-electron chi connectivity index (χ0n) is 9.70. The minimum Gasteiger partial charge on any atom is -0.368 e. The van der Waals surface area contributed by atoms with Gasteiger partial charge in [-0.1, -0.05) is 0 Å². The normalized spacial score (nSPS) is 23.4. The number of aryl methyl sites for hydroxylation is 2. The van der Waals surface area contributed by atoms with Gasteiger partial charge in [-0.3, -0.25) is 10.1 Å². The predicted molar refractivity (Wildman–Crippen MR) is 66.4 cm³/mol. The van der Waals surface area contributed by atoms with E-state index in [-0.39, 0.29) is 12.0 Å². The van der Waals surface area contributed by atoms with Crippen molar-refractivity contribution < 1.29 is 9.53 Å². The fourth-order valence-corrected chi connectivity index (χ4v) is 3.43. The number of anilines is 1. The lowest BCUT2D eigenvalue weighted by molar-refractivity contribution is -0.124. The summed E-state index contributed by atoms with van der Waals surface area (Å²) in [6, 6.07) is 0. The van der Waals surface area contributed by atoms with E-state index in [1.165, 1.54) is 23.4 Å². The second-order valence-corrected chi connectivity index (χ2v) is 5.67. The van der Waals surface area contributed by atoms with E-state index in [0.717, 1.165) is 30.8 Å². The van der Waals surface area contributed by atoms with Crippen LogP contribution in [0, 0.1) is 0 Å². The SMILES string of the molecule is O=C(Nc1nc2c(s1)CCCC2)C1CCCO1. The number of nitrogens with zero attached hydrogens (tertiary/aromatic N) is 1. The first-order valence-electron chi connectivity index (χ1n) is 6.24. The van der Waals surface area contributed by atoms with E-state index < -0.39 is 0 Å². The topological polar surface area (TPSA) is 51.2 Å². The van der Waals surface area contributed by atoms with Crippen molar-refractivity contribution in [2.45, 2.75) is 44.6 Å². The number of fused-ring (bicyclic) bond motifs is 1. The number of thiazole rings is 1. The molecule has 1 amide bonds. The minimum atomic E-state index is -0.268. The van der Waals surface area contributed by atoms with Gasteiger partial charge in [-0.15, -0.1) is 11.3 Å². The summed E-state index contributed by atoms with van der Waals surface area (Å²) < 4.78 is 5.35. The summed E-state index contributed by atoms with van der Waals surface area (Å²) >= 11 is 1.62. The minimum absolute atomic E-state index is 0.0337. The van der Waals surface area contributed by atoms with Gasteiger partial charge in [0.2, 0.25) is 0 Å². The number of carbonyl (C=O) groups excluding carboxylic acids is 1. The number of aromatic nitrogens is 1. The third-order valence-corrected chi connectivity index (χ3v) is 4.37. The molecule has 1 aliphatic carbocycles. The molecule has 0 saturated carbocycles. The van der Waals surface area contributed by atoms with Crippen LogP contribution >= 0.6 is 11.3 Å². The maximum absolute atomic E-state index is 11.9. The number of carbonyl (C=O) groups is 1. The number of nitrogens with one attached hydrogen (secondary N) is 1. The lowest BCUT2D eigenvalue weighted by Crippen LogP contribution is -2.26. The molecule has 1 aromatic rings. The zero-order chi connectivity index (χ0) is 11.7. The monoisotopic (exact) mass is 252 g/mol. The molecule has 1 atom stereocenters. The van der Waals surface area contributed by atoms with Gasteiger partial charge in [-0.2, -0.15) is 0 Å². The number of ether oxygens (including phenoxy) is 1. The largest absolute Gasteiger partial charge is 0.368 e. The lowest BCUT2D eigenvalue weighted by Gasteiger charge is -2.07. The Labute approximate surface area is 104 Å². The van der Waals surface area contributed by atoms with Crippen LogP contribution in [0.2, 0.25) is 0 Å². The summed E-state index contributed by atoms with van der Waals surface area (Å²) in [6.07, 6.45) is 6.17. The van der Waals surface area contributed by atoms with Crippen LogP contribution in [0.5, 0.6) is 0 Å². The zero-order valence-corrected chi connectivity index (χ0v) is 10.5. The standard InChI is InChI=1S/C12H16N2O2S/c15-11(9-5-3-7-16-9)14-12-13-8-4-1-2-6-10(8)17-12/h9H,1-7H2,(H,13,14,15). The average molecular weight is 252 g/mol. The maximum atomic E-state index is 11.9. The van der Waals surface area contributed by atoms with Crippen LogP contribution < -0.4 is 5.32 Å². The molecule has 0 aromatic carbocycles. The molecule has 1 unspecified atom stereocenters. The van der Waals surface area contributed by atoms with Crippen molar-refractivity contribution in [3.63, 3.8) is 0 Å². The molecule has 0 bridgehead atoms. The Morgan fingerprint density at radius 1 is 1.35 bits per heavy atom. The highest BCUT2D eigenvalue weighted by Gasteiger charge is 2.25. The molecule has 1 aromatic heterocycles. The Morgan fingerprint density at radius 2 is 2.24 bits per heavy atom. The Kier molecular flexibility index (Phi) is 3.11. The first-order valence-corrected chi connectivity index (χ1v) is 7.05. The maximum Gasteiger partial charge on any atom is 0.255 e. The van der Waals surface area contributed by atoms with Crippen molar-refractivity contribution in [3.8, 4) is 0 Å². The van der Waals surface area contributed by atoms with Gasteiger partial charge in [-0.05, 0) is 38.5 Å². The molecule has 1 fully saturated rings. The van der Waals surface area contributed by atoms with Crippen molar-refractivity contribution in [3.05, 3.63) is 10.6 Å². The van der Waals surface area contributed by atoms with E-state index in [1.807, 2.05) is 0 Å². The molecule has 4 nitrogen and oxygen atoms in total. The van der Waals surface area contributed by atoms with Crippen LogP contribution in [0.3, 0.4) is 0 Å². The summed E-state index contributed by atoms with van der Waals surface area (Å²) in [7, 11) is 0. The summed E-state index contributed by atoms with van der Waals surface area (Å²) in [6.45, 7) is 0.701. The number of hydrogen-bond donors (Lipinski definition) is 1. The predicted octanol–water partition coefficient (Wildman–Crippen LogP) is 2.14. The molecule has 0 radical (unpaired) electrons. The van der Waals surface area contributed by atoms with Gasteiger partial charge in [0, 0.05) is 11.5 Å². The van der Waals surface area contributed by atoms with Gasteiger partial charge in [0.1, 0.15) is 6.10 Å².